The van der Waals surface area contributed by atoms with Gasteiger partial charge in [0.25, 0.3) is 0 Å². The van der Waals surface area contributed by atoms with Gasteiger partial charge in [0, 0.05) is 61.3 Å². The quantitative estimate of drug-likeness (QED) is 0.173. The van der Waals surface area contributed by atoms with Crippen LogP contribution in [0.4, 0.5) is 0 Å². The standard InChI is InChI=1S/C49H33N5O/c1-55-37-28-26-34(27-29-37)52-31-30-42-47(32-18-22-35(23-19-32)53-43-14-6-2-10-38(43)39-11-3-7-15-44(39)53)50-48(51-49(42)52)33-20-24-36(25-21-33)54-45-16-8-4-12-40(45)41-13-5-9-17-46(41)54/h2-31H,1H3. The van der Waals surface area contributed by atoms with Gasteiger partial charge in [0.05, 0.1) is 34.9 Å². The molecule has 11 aromatic rings. The molecule has 11 rings (SSSR count). The highest BCUT2D eigenvalue weighted by molar-refractivity contribution is 6.10. The first kappa shape index (κ1) is 31.1. The van der Waals surface area contributed by atoms with E-state index in [-0.39, 0.29) is 0 Å². The second-order valence-corrected chi connectivity index (χ2v) is 13.9. The number of aromatic nitrogens is 5. The molecule has 0 amide bonds. The lowest BCUT2D eigenvalue weighted by atomic mass is 10.1. The summed E-state index contributed by atoms with van der Waals surface area (Å²) in [4.78, 5) is 10.5. The monoisotopic (exact) mass is 707 g/mol. The number of fused-ring (bicyclic) bond motifs is 7. The molecule has 4 aromatic heterocycles. The lowest BCUT2D eigenvalue weighted by molar-refractivity contribution is 0.415. The maximum Gasteiger partial charge on any atom is 0.162 e. The number of rotatable bonds is 6. The average molecular weight is 708 g/mol. The van der Waals surface area contributed by atoms with Crippen molar-refractivity contribution < 1.29 is 4.74 Å². The fraction of sp³-hybridized carbons (Fsp3) is 0.0204. The van der Waals surface area contributed by atoms with Gasteiger partial charge in [-0.05, 0) is 91.0 Å². The van der Waals surface area contributed by atoms with Crippen molar-refractivity contribution in [2.45, 2.75) is 0 Å². The lowest BCUT2D eigenvalue weighted by Gasteiger charge is -2.12. The van der Waals surface area contributed by atoms with Crippen LogP contribution in [0.1, 0.15) is 0 Å². The Balaban J connectivity index is 1.06. The molecule has 0 spiro atoms. The summed E-state index contributed by atoms with van der Waals surface area (Å²) in [5, 5.41) is 5.95. The van der Waals surface area contributed by atoms with Crippen LogP contribution < -0.4 is 4.74 Å². The van der Waals surface area contributed by atoms with Crippen molar-refractivity contribution in [3.63, 3.8) is 0 Å². The highest BCUT2D eigenvalue weighted by Gasteiger charge is 2.18. The third-order valence-electron chi connectivity index (χ3n) is 10.8. The molecule has 0 N–H and O–H groups in total. The van der Waals surface area contributed by atoms with Gasteiger partial charge in [0.1, 0.15) is 11.4 Å². The fourth-order valence-corrected chi connectivity index (χ4v) is 8.24. The minimum absolute atomic E-state index is 0.663. The van der Waals surface area contributed by atoms with Gasteiger partial charge < -0.3 is 18.4 Å². The van der Waals surface area contributed by atoms with Crippen LogP contribution in [0.15, 0.2) is 182 Å². The maximum atomic E-state index is 5.46. The van der Waals surface area contributed by atoms with Crippen LogP contribution >= 0.6 is 0 Å². The number of hydrogen-bond donors (Lipinski definition) is 0. The number of hydrogen-bond acceptors (Lipinski definition) is 3. The zero-order valence-electron chi connectivity index (χ0n) is 30.0. The molecule has 4 heterocycles. The average Bonchev–Trinajstić information content (AvgIpc) is 3.94. The second kappa shape index (κ2) is 12.3. The smallest absolute Gasteiger partial charge is 0.162 e. The highest BCUT2D eigenvalue weighted by atomic mass is 16.5. The Morgan fingerprint density at radius 1 is 0.400 bits per heavy atom. The molecular weight excluding hydrogens is 675 g/mol. The minimum atomic E-state index is 0.663. The largest absolute Gasteiger partial charge is 0.497 e. The Morgan fingerprint density at radius 3 is 1.31 bits per heavy atom. The molecule has 0 saturated carbocycles. The molecular formula is C49H33N5O. The van der Waals surface area contributed by atoms with Crippen molar-refractivity contribution in [2.24, 2.45) is 0 Å². The number of nitrogens with zero attached hydrogens (tertiary/aromatic N) is 5. The van der Waals surface area contributed by atoms with Crippen molar-refractivity contribution in [2.75, 3.05) is 7.11 Å². The van der Waals surface area contributed by atoms with Crippen molar-refractivity contribution >= 4 is 54.6 Å². The van der Waals surface area contributed by atoms with Gasteiger partial charge in [0.2, 0.25) is 0 Å². The van der Waals surface area contributed by atoms with E-state index in [1.54, 1.807) is 7.11 Å². The van der Waals surface area contributed by atoms with Crippen molar-refractivity contribution in [1.82, 2.24) is 23.7 Å². The van der Waals surface area contributed by atoms with Gasteiger partial charge in [-0.2, -0.15) is 0 Å². The molecule has 0 aliphatic heterocycles. The summed E-state index contributed by atoms with van der Waals surface area (Å²) in [6.07, 6.45) is 2.08. The van der Waals surface area contributed by atoms with Crippen LogP contribution in [0.25, 0.3) is 94.4 Å². The van der Waals surface area contributed by atoms with Gasteiger partial charge in [-0.1, -0.05) is 84.9 Å². The molecule has 6 nitrogen and oxygen atoms in total. The number of ether oxygens (including phenoxy) is 1. The number of benzene rings is 7. The normalized spacial score (nSPS) is 11.7. The summed E-state index contributed by atoms with van der Waals surface area (Å²) in [5.74, 6) is 1.47. The van der Waals surface area contributed by atoms with Crippen LogP contribution in [0.3, 0.4) is 0 Å². The summed E-state index contributed by atoms with van der Waals surface area (Å²) < 4.78 is 12.3. The summed E-state index contributed by atoms with van der Waals surface area (Å²) in [6, 6.07) is 61.9. The third kappa shape index (κ3) is 4.89. The van der Waals surface area contributed by atoms with Gasteiger partial charge >= 0.3 is 0 Å². The molecule has 0 atom stereocenters. The first-order chi connectivity index (χ1) is 27.2. The molecule has 6 heteroatoms. The predicted molar refractivity (Wildman–Crippen MR) is 225 cm³/mol. The second-order valence-electron chi connectivity index (χ2n) is 13.9. The van der Waals surface area contributed by atoms with Gasteiger partial charge in [-0.3, -0.25) is 0 Å². The summed E-state index contributed by atoms with van der Waals surface area (Å²) in [6.45, 7) is 0. The van der Waals surface area contributed by atoms with Crippen molar-refractivity contribution in [1.29, 1.82) is 0 Å². The number of methoxy groups -OCH3 is 1. The number of para-hydroxylation sites is 4. The zero-order chi connectivity index (χ0) is 36.5. The van der Waals surface area contributed by atoms with Crippen LogP contribution in [0.2, 0.25) is 0 Å². The SMILES string of the molecule is COc1ccc(-n2ccc3c(-c4ccc(-n5c6ccccc6c6ccccc65)cc4)nc(-c4ccc(-n5c6ccccc6c6ccccc65)cc4)nc32)cc1. The first-order valence-electron chi connectivity index (χ1n) is 18.4. The van der Waals surface area contributed by atoms with E-state index in [1.165, 1.54) is 43.6 Å². The molecule has 0 aliphatic carbocycles. The van der Waals surface area contributed by atoms with Crippen LogP contribution in [-0.4, -0.2) is 30.8 Å². The Labute approximate surface area is 316 Å². The van der Waals surface area contributed by atoms with Gasteiger partial charge in [-0.15, -0.1) is 0 Å². The lowest BCUT2D eigenvalue weighted by Crippen LogP contribution is -2.00. The highest BCUT2D eigenvalue weighted by Crippen LogP contribution is 2.36. The van der Waals surface area contributed by atoms with E-state index in [0.29, 0.717) is 5.82 Å². The van der Waals surface area contributed by atoms with E-state index < -0.39 is 0 Å². The Bertz CT molecular complexity index is 3120. The van der Waals surface area contributed by atoms with E-state index in [9.17, 15) is 0 Å². The van der Waals surface area contributed by atoms with E-state index in [4.69, 9.17) is 14.7 Å². The molecule has 0 radical (unpaired) electrons. The Hall–Kier alpha value is -7.44. The summed E-state index contributed by atoms with van der Waals surface area (Å²) in [5.41, 5.74) is 11.6. The molecule has 0 saturated heterocycles. The topological polar surface area (TPSA) is 49.8 Å². The molecule has 0 bridgehead atoms. The molecule has 0 aliphatic rings. The van der Waals surface area contributed by atoms with E-state index in [1.807, 2.05) is 12.1 Å². The van der Waals surface area contributed by atoms with Crippen LogP contribution in [-0.2, 0) is 0 Å². The van der Waals surface area contributed by atoms with Crippen LogP contribution in [0, 0.1) is 0 Å². The fourth-order valence-electron chi connectivity index (χ4n) is 8.24. The van der Waals surface area contributed by atoms with Gasteiger partial charge in [-0.25, -0.2) is 9.97 Å². The maximum absolute atomic E-state index is 5.46. The van der Waals surface area contributed by atoms with E-state index >= 15 is 0 Å². The molecule has 0 fully saturated rings. The summed E-state index contributed by atoms with van der Waals surface area (Å²) >= 11 is 0. The minimum Gasteiger partial charge on any atom is -0.497 e. The van der Waals surface area contributed by atoms with Gasteiger partial charge in [0.15, 0.2) is 5.82 Å². The van der Waals surface area contributed by atoms with E-state index in [0.717, 1.165) is 50.7 Å². The molecule has 7 aromatic carbocycles. The first-order valence-corrected chi connectivity index (χ1v) is 18.4. The summed E-state index contributed by atoms with van der Waals surface area (Å²) in [7, 11) is 1.69. The van der Waals surface area contributed by atoms with E-state index in [2.05, 4.69) is 184 Å². The molecule has 260 valence electrons. The van der Waals surface area contributed by atoms with Crippen LogP contribution in [0.5, 0.6) is 5.75 Å². The Morgan fingerprint density at radius 2 is 0.836 bits per heavy atom. The molecule has 55 heavy (non-hydrogen) atoms. The Kier molecular flexibility index (Phi) is 6.97. The van der Waals surface area contributed by atoms with Crippen molar-refractivity contribution in [3.8, 4) is 45.5 Å². The predicted octanol–water partition coefficient (Wildman–Crippen LogP) is 12.0. The van der Waals surface area contributed by atoms with Crippen molar-refractivity contribution in [3.05, 3.63) is 182 Å². The zero-order valence-corrected chi connectivity index (χ0v) is 30.0. The molecule has 0 unspecified atom stereocenters. The third-order valence-corrected chi connectivity index (χ3v) is 10.8.